The van der Waals surface area contributed by atoms with Gasteiger partial charge in [-0.25, -0.2) is 4.99 Å². The number of nitrogens with one attached hydrogen (secondary N) is 1. The molecule has 8 aromatic carbocycles. The van der Waals surface area contributed by atoms with Crippen LogP contribution in [-0.2, 0) is 0 Å². The highest BCUT2D eigenvalue weighted by Crippen LogP contribution is 2.42. The molecule has 4 heteroatoms. The van der Waals surface area contributed by atoms with Gasteiger partial charge in [0, 0.05) is 48.3 Å². The van der Waals surface area contributed by atoms with Gasteiger partial charge in [-0.3, -0.25) is 4.57 Å². The average molecular weight is 708 g/mol. The van der Waals surface area contributed by atoms with E-state index in [4.69, 9.17) is 4.99 Å². The zero-order chi connectivity index (χ0) is 35.6. The van der Waals surface area contributed by atoms with Crippen molar-refractivity contribution in [1.82, 2.24) is 9.88 Å². The van der Waals surface area contributed by atoms with Gasteiger partial charge < -0.3 is 5.32 Å². The lowest BCUT2D eigenvalue weighted by molar-refractivity contribution is 0.660. The van der Waals surface area contributed by atoms with Gasteiger partial charge in [-0.05, 0) is 68.9 Å². The van der Waals surface area contributed by atoms with E-state index in [0.29, 0.717) is 0 Å². The summed E-state index contributed by atoms with van der Waals surface area (Å²) < 4.78 is 5.05. The summed E-state index contributed by atoms with van der Waals surface area (Å²) in [5.41, 5.74) is 10.3. The molecule has 54 heavy (non-hydrogen) atoms. The van der Waals surface area contributed by atoms with Crippen molar-refractivity contribution < 1.29 is 0 Å². The zero-order valence-corrected chi connectivity index (χ0v) is 30.1. The van der Waals surface area contributed by atoms with Crippen LogP contribution in [0.4, 0.5) is 0 Å². The Morgan fingerprint density at radius 2 is 1.19 bits per heavy atom. The van der Waals surface area contributed by atoms with E-state index in [2.05, 4.69) is 198 Å². The van der Waals surface area contributed by atoms with Gasteiger partial charge in [-0.15, -0.1) is 11.3 Å². The van der Waals surface area contributed by atoms with Crippen molar-refractivity contribution in [3.8, 4) is 22.3 Å². The summed E-state index contributed by atoms with van der Waals surface area (Å²) in [6.07, 6.45) is 1.96. The van der Waals surface area contributed by atoms with Gasteiger partial charge in [0.15, 0.2) is 0 Å². The van der Waals surface area contributed by atoms with Crippen molar-refractivity contribution in [1.29, 1.82) is 0 Å². The Morgan fingerprint density at radius 1 is 0.500 bits per heavy atom. The topological polar surface area (TPSA) is 29.3 Å². The van der Waals surface area contributed by atoms with E-state index >= 15 is 0 Å². The third-order valence-electron chi connectivity index (χ3n) is 10.8. The molecule has 0 amide bonds. The summed E-state index contributed by atoms with van der Waals surface area (Å²) in [5.74, 6) is 0.898. The molecule has 0 spiro atoms. The number of aliphatic imine (C=N–C) groups is 1. The van der Waals surface area contributed by atoms with Crippen LogP contribution in [0.15, 0.2) is 193 Å². The molecular formula is C50H33N3S. The smallest absolute Gasteiger partial charge is 0.147 e. The maximum absolute atomic E-state index is 5.49. The molecule has 10 aromatic rings. The number of nitrogens with zero attached hydrogens (tertiary/aromatic N) is 2. The highest BCUT2D eigenvalue weighted by molar-refractivity contribution is 7.25. The molecule has 254 valence electrons. The zero-order valence-electron chi connectivity index (χ0n) is 29.3. The monoisotopic (exact) mass is 707 g/mol. The summed E-state index contributed by atoms with van der Waals surface area (Å²) in [4.78, 5) is 5.49. The summed E-state index contributed by atoms with van der Waals surface area (Å²) in [5, 5.41) is 11.3. The molecule has 0 aliphatic carbocycles. The molecular weight excluding hydrogens is 675 g/mol. The molecule has 1 aliphatic heterocycles. The number of rotatable bonds is 4. The third kappa shape index (κ3) is 4.99. The number of fused-ring (bicyclic) bond motifs is 8. The second kappa shape index (κ2) is 12.4. The average Bonchev–Trinajstić information content (AvgIpc) is 3.80. The van der Waals surface area contributed by atoms with E-state index < -0.39 is 0 Å². The minimum Gasteiger partial charge on any atom is -0.359 e. The first-order valence-electron chi connectivity index (χ1n) is 18.4. The van der Waals surface area contributed by atoms with Crippen LogP contribution in [-0.4, -0.2) is 10.4 Å². The van der Waals surface area contributed by atoms with E-state index in [1.807, 2.05) is 11.3 Å². The number of aromatic nitrogens is 1. The molecule has 1 aliphatic rings. The quantitative estimate of drug-likeness (QED) is 0.194. The highest BCUT2D eigenvalue weighted by atomic mass is 32.1. The Hall–Kier alpha value is -6.75. The molecule has 0 saturated heterocycles. The second-order valence-corrected chi connectivity index (χ2v) is 15.1. The molecule has 11 rings (SSSR count). The van der Waals surface area contributed by atoms with E-state index in [9.17, 15) is 0 Å². The van der Waals surface area contributed by atoms with E-state index in [1.54, 1.807) is 0 Å². The maximum Gasteiger partial charge on any atom is 0.147 e. The number of hydrogen-bond acceptors (Lipinski definition) is 3. The van der Waals surface area contributed by atoms with Crippen molar-refractivity contribution in [3.63, 3.8) is 0 Å². The molecule has 1 atom stereocenters. The number of allylic oxidation sites excluding steroid dienone is 1. The first-order valence-corrected chi connectivity index (χ1v) is 19.2. The molecule has 3 heterocycles. The van der Waals surface area contributed by atoms with Gasteiger partial charge in [0.05, 0.1) is 11.0 Å². The van der Waals surface area contributed by atoms with Gasteiger partial charge in [0.1, 0.15) is 12.0 Å². The number of para-hydroxylation sites is 1. The molecule has 1 N–H and O–H groups in total. The molecule has 0 radical (unpaired) electrons. The molecule has 1 unspecified atom stereocenters. The van der Waals surface area contributed by atoms with Crippen LogP contribution >= 0.6 is 11.3 Å². The number of benzene rings is 8. The number of hydrogen-bond donors (Lipinski definition) is 1. The molecule has 3 nitrogen and oxygen atoms in total. The fourth-order valence-corrected chi connectivity index (χ4v) is 9.39. The Bertz CT molecular complexity index is 3130. The van der Waals surface area contributed by atoms with Gasteiger partial charge in [0.25, 0.3) is 0 Å². The summed E-state index contributed by atoms with van der Waals surface area (Å²) >= 11 is 1.86. The predicted octanol–water partition coefficient (Wildman–Crippen LogP) is 13.2. The van der Waals surface area contributed by atoms with Crippen molar-refractivity contribution in [2.45, 2.75) is 6.17 Å². The van der Waals surface area contributed by atoms with Crippen molar-refractivity contribution >= 4 is 75.6 Å². The maximum atomic E-state index is 5.49. The van der Waals surface area contributed by atoms with E-state index in [0.717, 1.165) is 33.7 Å². The Labute approximate surface area is 316 Å². The molecule has 0 saturated carbocycles. The minimum atomic E-state index is -0.257. The fourth-order valence-electron chi connectivity index (χ4n) is 8.30. The standard InChI is InChI=1S/C50H33N3S/c1-3-14-33(15-4-1)43-31-47(52-50(51-43)34-16-5-2-6-17-34)53-44-27-25-32-13-7-8-20-38(32)48(44)41-23-12-22-39(49(41)53)37-19-11-18-35(29-37)36-26-28-46-42(30-36)40-21-9-10-24-45(40)54-46/h1-31,50-51H. The van der Waals surface area contributed by atoms with Crippen LogP contribution < -0.4 is 5.32 Å². The van der Waals surface area contributed by atoms with Crippen LogP contribution in [0, 0.1) is 0 Å². The second-order valence-electron chi connectivity index (χ2n) is 14.0. The van der Waals surface area contributed by atoms with Crippen LogP contribution in [0.2, 0.25) is 0 Å². The largest absolute Gasteiger partial charge is 0.359 e. The van der Waals surface area contributed by atoms with Crippen molar-refractivity contribution in [3.05, 3.63) is 199 Å². The summed E-state index contributed by atoms with van der Waals surface area (Å²) in [7, 11) is 0. The molecule has 2 aromatic heterocycles. The van der Waals surface area contributed by atoms with Gasteiger partial charge in [-0.1, -0.05) is 152 Å². The summed E-state index contributed by atoms with van der Waals surface area (Å²) in [6.45, 7) is 0. The third-order valence-corrected chi connectivity index (χ3v) is 12.0. The molecule has 0 fully saturated rings. The lowest BCUT2D eigenvalue weighted by Crippen LogP contribution is -2.27. The van der Waals surface area contributed by atoms with Crippen LogP contribution in [0.5, 0.6) is 0 Å². The Kier molecular flexibility index (Phi) is 7.10. The van der Waals surface area contributed by atoms with Crippen molar-refractivity contribution in [2.24, 2.45) is 4.99 Å². The lowest BCUT2D eigenvalue weighted by Gasteiger charge is -2.26. The minimum absolute atomic E-state index is 0.257. The van der Waals surface area contributed by atoms with Crippen LogP contribution in [0.1, 0.15) is 17.3 Å². The normalized spacial score (nSPS) is 14.5. The first-order chi connectivity index (χ1) is 26.8. The Morgan fingerprint density at radius 3 is 2.07 bits per heavy atom. The SMILES string of the molecule is C1=C(c2ccccc2)NC(c2ccccc2)N=C1n1c2ccc3ccccc3c2c2cccc(-c3cccc(-c4ccc5sc6ccccc6c5c4)c3)c21. The fraction of sp³-hybridized carbons (Fsp3) is 0.0200. The van der Waals surface area contributed by atoms with E-state index in [-0.39, 0.29) is 6.17 Å². The van der Waals surface area contributed by atoms with Crippen LogP contribution in [0.3, 0.4) is 0 Å². The van der Waals surface area contributed by atoms with Gasteiger partial charge in [-0.2, -0.15) is 0 Å². The van der Waals surface area contributed by atoms with Gasteiger partial charge >= 0.3 is 0 Å². The number of thiophene rings is 1. The predicted molar refractivity (Wildman–Crippen MR) is 230 cm³/mol. The van der Waals surface area contributed by atoms with Crippen LogP contribution in [0.25, 0.3) is 80.7 Å². The van der Waals surface area contributed by atoms with E-state index in [1.165, 1.54) is 64.0 Å². The summed E-state index contributed by atoms with van der Waals surface area (Å²) in [6, 6.07) is 65.8. The first kappa shape index (κ1) is 30.8. The lowest BCUT2D eigenvalue weighted by atomic mass is 9.96. The Balaban J connectivity index is 1.17. The van der Waals surface area contributed by atoms with Gasteiger partial charge in [0.2, 0.25) is 0 Å². The molecule has 0 bridgehead atoms. The van der Waals surface area contributed by atoms with Crippen molar-refractivity contribution in [2.75, 3.05) is 0 Å². The highest BCUT2D eigenvalue weighted by Gasteiger charge is 2.24.